The number of hydrogen-bond donors (Lipinski definition) is 3. The van der Waals surface area contributed by atoms with E-state index in [-0.39, 0.29) is 11.5 Å². The molecule has 1 aromatic rings. The van der Waals surface area contributed by atoms with Gasteiger partial charge in [0.1, 0.15) is 12.7 Å². The fourth-order valence-electron chi connectivity index (χ4n) is 1.66. The summed E-state index contributed by atoms with van der Waals surface area (Å²) in [6.07, 6.45) is -0.696. The van der Waals surface area contributed by atoms with Crippen molar-refractivity contribution in [3.63, 3.8) is 0 Å². The lowest BCUT2D eigenvalue weighted by atomic mass is 10.1. The number of carboxylic acids is 1. The Morgan fingerprint density at radius 2 is 1.77 bits per heavy atom. The molecule has 0 saturated heterocycles. The Morgan fingerprint density at radius 3 is 2.23 bits per heavy atom. The van der Waals surface area contributed by atoms with Crippen LogP contribution in [-0.4, -0.2) is 41.4 Å². The number of carbonyl (C=O) groups is 4. The van der Waals surface area contributed by atoms with Gasteiger partial charge in [0.15, 0.2) is 5.78 Å². The molecule has 0 aliphatic carbocycles. The van der Waals surface area contributed by atoms with Crippen molar-refractivity contribution >= 4 is 29.3 Å². The van der Waals surface area contributed by atoms with E-state index in [0.29, 0.717) is 5.69 Å². The highest BCUT2D eigenvalue weighted by molar-refractivity contribution is 5.99. The van der Waals surface area contributed by atoms with Crippen molar-refractivity contribution in [2.75, 3.05) is 12.0 Å². The minimum atomic E-state index is -1.43. The topological polar surface area (TPSA) is 113 Å². The summed E-state index contributed by atoms with van der Waals surface area (Å²) in [6.45, 7) is -0.0284. The average Bonchev–Trinajstić information content (AvgIpc) is 2.45. The van der Waals surface area contributed by atoms with E-state index in [1.165, 1.54) is 31.2 Å². The zero-order valence-electron chi connectivity index (χ0n) is 11.8. The molecule has 0 aromatic heterocycles. The van der Waals surface area contributed by atoms with Gasteiger partial charge in [-0.15, -0.1) is 0 Å². The number of ketones is 1. The highest BCUT2D eigenvalue weighted by atomic mass is 19.1. The molecule has 1 aromatic carbocycles. The number of aliphatic carboxylic acids is 1. The second-order valence-corrected chi connectivity index (χ2v) is 4.48. The smallest absolute Gasteiger partial charge is 0.305 e. The molecular weight excluding hydrogens is 295 g/mol. The highest BCUT2D eigenvalue weighted by Gasteiger charge is 2.23. The number of alkyl halides is 1. The van der Waals surface area contributed by atoms with E-state index in [2.05, 4.69) is 10.6 Å². The second-order valence-electron chi connectivity index (χ2n) is 4.48. The SMILES string of the molecule is CC(=O)Nc1ccc(C(=O)NC(CC(=O)O)C(=O)CF)cc1. The normalized spacial score (nSPS) is 11.4. The maximum atomic E-state index is 12.4. The Hall–Kier alpha value is -2.77. The zero-order chi connectivity index (χ0) is 16.7. The monoisotopic (exact) mass is 310 g/mol. The van der Waals surface area contributed by atoms with Gasteiger partial charge in [-0.25, -0.2) is 4.39 Å². The van der Waals surface area contributed by atoms with Gasteiger partial charge in [-0.05, 0) is 24.3 Å². The molecular formula is C14H15FN2O5. The van der Waals surface area contributed by atoms with Crippen molar-refractivity contribution in [3.05, 3.63) is 29.8 Å². The van der Waals surface area contributed by atoms with Gasteiger partial charge in [-0.2, -0.15) is 0 Å². The summed E-state index contributed by atoms with van der Waals surface area (Å²) in [5.74, 6) is -3.31. The number of hydrogen-bond acceptors (Lipinski definition) is 4. The van der Waals surface area contributed by atoms with Crippen molar-refractivity contribution < 1.29 is 28.7 Å². The first-order chi connectivity index (χ1) is 10.3. The summed E-state index contributed by atoms with van der Waals surface area (Å²) < 4.78 is 12.4. The van der Waals surface area contributed by atoms with Crippen molar-refractivity contribution in [1.29, 1.82) is 0 Å². The maximum Gasteiger partial charge on any atom is 0.305 e. The lowest BCUT2D eigenvalue weighted by Crippen LogP contribution is -2.43. The van der Waals surface area contributed by atoms with Crippen LogP contribution in [-0.2, 0) is 14.4 Å². The van der Waals surface area contributed by atoms with Crippen molar-refractivity contribution in [3.8, 4) is 0 Å². The van der Waals surface area contributed by atoms with Crippen molar-refractivity contribution in [2.24, 2.45) is 0 Å². The third kappa shape index (κ3) is 5.31. The summed E-state index contributed by atoms with van der Waals surface area (Å²) in [7, 11) is 0. The number of halogens is 1. The first kappa shape index (κ1) is 17.3. The molecule has 0 bridgehead atoms. The third-order valence-electron chi connectivity index (χ3n) is 2.67. The van der Waals surface area contributed by atoms with Crippen LogP contribution < -0.4 is 10.6 Å². The maximum absolute atomic E-state index is 12.4. The average molecular weight is 310 g/mol. The largest absolute Gasteiger partial charge is 0.481 e. The Morgan fingerprint density at radius 1 is 1.18 bits per heavy atom. The van der Waals surface area contributed by atoms with Crippen molar-refractivity contribution in [2.45, 2.75) is 19.4 Å². The standard InChI is InChI=1S/C14H15FN2O5/c1-8(18)16-10-4-2-9(3-5-10)14(22)17-11(6-13(20)21)12(19)7-15/h2-5,11H,6-7H2,1H3,(H,16,18)(H,17,22)(H,20,21). The molecule has 0 aliphatic rings. The van der Waals surface area contributed by atoms with Crippen molar-refractivity contribution in [1.82, 2.24) is 5.32 Å². The molecule has 118 valence electrons. The van der Waals surface area contributed by atoms with Gasteiger partial charge >= 0.3 is 5.97 Å². The highest BCUT2D eigenvalue weighted by Crippen LogP contribution is 2.10. The van der Waals surface area contributed by atoms with E-state index in [0.717, 1.165) is 0 Å². The molecule has 0 fully saturated rings. The van der Waals surface area contributed by atoms with Gasteiger partial charge in [0.25, 0.3) is 5.91 Å². The second kappa shape index (κ2) is 7.87. The summed E-state index contributed by atoms with van der Waals surface area (Å²) in [5, 5.41) is 13.4. The molecule has 1 atom stereocenters. The Kier molecular flexibility index (Phi) is 6.18. The molecule has 7 nitrogen and oxygen atoms in total. The van der Waals surface area contributed by atoms with Crippen LogP contribution >= 0.6 is 0 Å². The summed E-state index contributed by atoms with van der Waals surface area (Å²) in [6, 6.07) is 4.29. The van der Waals surface area contributed by atoms with Gasteiger partial charge in [0, 0.05) is 18.2 Å². The van der Waals surface area contributed by atoms with E-state index >= 15 is 0 Å². The lowest BCUT2D eigenvalue weighted by molar-refractivity contribution is -0.139. The van der Waals surface area contributed by atoms with Crippen LogP contribution in [0.15, 0.2) is 24.3 Å². The molecule has 2 amide bonds. The van der Waals surface area contributed by atoms with E-state index < -0.39 is 36.8 Å². The Bertz CT molecular complexity index is 585. The number of benzene rings is 1. The number of Topliss-reactive ketones (excluding diaryl/α,β-unsaturated/α-hetero) is 1. The van der Waals surface area contributed by atoms with Crippen LogP contribution in [0.3, 0.4) is 0 Å². The number of amides is 2. The van der Waals surface area contributed by atoms with E-state index in [9.17, 15) is 23.6 Å². The molecule has 22 heavy (non-hydrogen) atoms. The first-order valence-corrected chi connectivity index (χ1v) is 6.32. The van der Waals surface area contributed by atoms with Gasteiger partial charge in [0.2, 0.25) is 5.91 Å². The number of nitrogens with one attached hydrogen (secondary N) is 2. The fourth-order valence-corrected chi connectivity index (χ4v) is 1.66. The van der Waals surface area contributed by atoms with Crippen LogP contribution in [0.25, 0.3) is 0 Å². The van der Waals surface area contributed by atoms with Gasteiger partial charge in [-0.3, -0.25) is 19.2 Å². The number of carboxylic acid groups (broad SMARTS) is 1. The lowest BCUT2D eigenvalue weighted by Gasteiger charge is -2.14. The van der Waals surface area contributed by atoms with Crippen LogP contribution in [0.1, 0.15) is 23.7 Å². The first-order valence-electron chi connectivity index (χ1n) is 6.32. The summed E-state index contributed by atoms with van der Waals surface area (Å²) >= 11 is 0. The Labute approximate surface area is 125 Å². The number of carbonyl (C=O) groups excluding carboxylic acids is 3. The summed E-state index contributed by atoms with van der Waals surface area (Å²) in [5.41, 5.74) is 0.627. The number of rotatable bonds is 7. The molecule has 0 saturated carbocycles. The molecule has 1 unspecified atom stereocenters. The molecule has 0 spiro atoms. The fraction of sp³-hybridized carbons (Fsp3) is 0.286. The van der Waals surface area contributed by atoms with Gasteiger partial charge in [0.05, 0.1) is 6.42 Å². The predicted molar refractivity (Wildman–Crippen MR) is 75.2 cm³/mol. The quantitative estimate of drug-likeness (QED) is 0.688. The van der Waals surface area contributed by atoms with E-state index in [4.69, 9.17) is 5.11 Å². The summed E-state index contributed by atoms with van der Waals surface area (Å²) in [4.78, 5) is 44.7. The van der Waals surface area contributed by atoms with Crippen LogP contribution in [0.2, 0.25) is 0 Å². The molecule has 0 heterocycles. The number of anilines is 1. The molecule has 0 radical (unpaired) electrons. The van der Waals surface area contributed by atoms with Crippen LogP contribution in [0.4, 0.5) is 10.1 Å². The zero-order valence-corrected chi connectivity index (χ0v) is 11.8. The van der Waals surface area contributed by atoms with Gasteiger partial charge in [-0.1, -0.05) is 0 Å². The Balaban J connectivity index is 2.78. The third-order valence-corrected chi connectivity index (χ3v) is 2.67. The van der Waals surface area contributed by atoms with E-state index in [1.807, 2.05) is 0 Å². The van der Waals surface area contributed by atoms with E-state index in [1.54, 1.807) is 0 Å². The van der Waals surface area contributed by atoms with Gasteiger partial charge < -0.3 is 15.7 Å². The molecule has 1 rings (SSSR count). The van der Waals surface area contributed by atoms with Crippen LogP contribution in [0.5, 0.6) is 0 Å². The molecule has 0 aliphatic heterocycles. The van der Waals surface area contributed by atoms with Crippen LogP contribution in [0, 0.1) is 0 Å². The molecule has 8 heteroatoms. The minimum Gasteiger partial charge on any atom is -0.481 e. The molecule has 3 N–H and O–H groups in total. The minimum absolute atomic E-state index is 0.149. The predicted octanol–water partition coefficient (Wildman–Crippen LogP) is 0.757.